The molecule has 0 heterocycles. The normalized spacial score (nSPS) is 46.5. The first kappa shape index (κ1) is 18.8. The molecule has 0 aromatic heterocycles. The molecule has 27 heavy (non-hydrogen) atoms. The van der Waals surface area contributed by atoms with E-state index in [2.05, 4.69) is 0 Å². The van der Waals surface area contributed by atoms with Crippen LogP contribution in [0.25, 0.3) is 0 Å². The average Bonchev–Trinajstić information content (AvgIpc) is 2.92. The maximum Gasteiger partial charge on any atom is 0.303 e. The van der Waals surface area contributed by atoms with Gasteiger partial charge >= 0.3 is 5.97 Å². The van der Waals surface area contributed by atoms with Crippen molar-refractivity contribution in [3.05, 3.63) is 0 Å². The zero-order valence-electron chi connectivity index (χ0n) is 16.0. The summed E-state index contributed by atoms with van der Waals surface area (Å²) in [5.74, 6) is -1.02. The summed E-state index contributed by atoms with van der Waals surface area (Å²) in [5, 5.41) is 10.5. The summed E-state index contributed by atoms with van der Waals surface area (Å²) in [6.07, 6.45) is 2.83. The minimum absolute atomic E-state index is 0.0669. The molecule has 4 rings (SSSR count). The van der Waals surface area contributed by atoms with Crippen molar-refractivity contribution in [1.82, 2.24) is 0 Å². The molecular weight excluding hydrogens is 348 g/mol. The Bertz CT molecular complexity index is 713. The molecule has 1 N–H and O–H groups in total. The fourth-order valence-electron chi connectivity index (χ4n) is 7.07. The number of Topliss-reactive ketones (excluding diaryl/α,β-unsaturated/α-hetero) is 3. The zero-order chi connectivity index (χ0) is 19.6. The molecule has 0 spiro atoms. The van der Waals surface area contributed by atoms with Crippen molar-refractivity contribution in [3.63, 3.8) is 0 Å². The molecule has 0 amide bonds. The number of carbonyl (C=O) groups excluding carboxylic acids is 4. The van der Waals surface area contributed by atoms with E-state index in [1.807, 2.05) is 6.92 Å². The third-order valence-electron chi connectivity index (χ3n) is 8.33. The number of esters is 1. The van der Waals surface area contributed by atoms with Crippen LogP contribution < -0.4 is 0 Å². The minimum atomic E-state index is -1.07. The topological polar surface area (TPSA) is 97.7 Å². The van der Waals surface area contributed by atoms with Gasteiger partial charge < -0.3 is 9.84 Å². The summed E-state index contributed by atoms with van der Waals surface area (Å²) in [6.45, 7) is 3.10. The van der Waals surface area contributed by atoms with E-state index in [4.69, 9.17) is 4.74 Å². The Balaban J connectivity index is 1.74. The van der Waals surface area contributed by atoms with E-state index >= 15 is 0 Å². The smallest absolute Gasteiger partial charge is 0.303 e. The van der Waals surface area contributed by atoms with Gasteiger partial charge in [0.15, 0.2) is 11.9 Å². The molecular formula is C21H28O6. The molecule has 4 saturated carbocycles. The second-order valence-corrected chi connectivity index (χ2v) is 9.33. The van der Waals surface area contributed by atoms with Crippen LogP contribution in [0.1, 0.15) is 58.8 Å². The van der Waals surface area contributed by atoms with Gasteiger partial charge in [0, 0.05) is 43.6 Å². The Morgan fingerprint density at radius 3 is 2.52 bits per heavy atom. The van der Waals surface area contributed by atoms with Gasteiger partial charge in [0.25, 0.3) is 0 Å². The molecule has 0 aliphatic heterocycles. The number of aliphatic hydroxyl groups excluding tert-OH is 1. The second kappa shape index (κ2) is 6.23. The monoisotopic (exact) mass is 376 g/mol. The summed E-state index contributed by atoms with van der Waals surface area (Å²) >= 11 is 0. The lowest BCUT2D eigenvalue weighted by atomic mass is 9.44. The third kappa shape index (κ3) is 2.48. The van der Waals surface area contributed by atoms with Crippen LogP contribution in [0.3, 0.4) is 0 Å². The minimum Gasteiger partial charge on any atom is -0.454 e. The fourth-order valence-corrected chi connectivity index (χ4v) is 7.07. The van der Waals surface area contributed by atoms with E-state index in [1.54, 1.807) is 0 Å². The molecule has 1 unspecified atom stereocenters. The average molecular weight is 376 g/mol. The molecule has 4 aliphatic rings. The summed E-state index contributed by atoms with van der Waals surface area (Å²) in [5.41, 5.74) is -1.08. The predicted octanol–water partition coefficient (Wildman–Crippen LogP) is 1.86. The number of ketones is 3. The summed E-state index contributed by atoms with van der Waals surface area (Å²) in [7, 11) is 0. The van der Waals surface area contributed by atoms with E-state index in [0.29, 0.717) is 25.0 Å². The van der Waals surface area contributed by atoms with Crippen LogP contribution in [0.2, 0.25) is 0 Å². The maximum absolute atomic E-state index is 13.2. The van der Waals surface area contributed by atoms with Crippen molar-refractivity contribution < 1.29 is 29.0 Å². The molecule has 4 fully saturated rings. The predicted molar refractivity (Wildman–Crippen MR) is 94.5 cm³/mol. The van der Waals surface area contributed by atoms with Gasteiger partial charge in [-0.25, -0.2) is 0 Å². The molecule has 0 saturated heterocycles. The van der Waals surface area contributed by atoms with Crippen molar-refractivity contribution >= 4 is 23.3 Å². The SMILES string of the molecule is CC(=O)OC1C(=O)CC[C@@]2(CO)[C@H]1C(=O)C[C@@H]1[C@@H]2CC[C@]2(C)C(=O)CC[C@@H]12. The Kier molecular flexibility index (Phi) is 4.33. The van der Waals surface area contributed by atoms with Crippen molar-refractivity contribution in [3.8, 4) is 0 Å². The first-order valence-corrected chi connectivity index (χ1v) is 10.1. The van der Waals surface area contributed by atoms with E-state index in [0.717, 1.165) is 19.3 Å². The van der Waals surface area contributed by atoms with Gasteiger partial charge in [-0.1, -0.05) is 6.92 Å². The van der Waals surface area contributed by atoms with E-state index in [1.165, 1.54) is 6.92 Å². The van der Waals surface area contributed by atoms with Crippen LogP contribution in [-0.4, -0.2) is 41.1 Å². The first-order chi connectivity index (χ1) is 12.7. The lowest BCUT2D eigenvalue weighted by Gasteiger charge is -2.59. The van der Waals surface area contributed by atoms with Crippen molar-refractivity contribution in [2.75, 3.05) is 6.61 Å². The molecule has 4 aliphatic carbocycles. The Labute approximate surface area is 159 Å². The van der Waals surface area contributed by atoms with Gasteiger partial charge in [0.05, 0.1) is 5.92 Å². The third-order valence-corrected chi connectivity index (χ3v) is 8.33. The van der Waals surface area contributed by atoms with Crippen LogP contribution in [-0.2, 0) is 23.9 Å². The van der Waals surface area contributed by atoms with Crippen LogP contribution in [0.5, 0.6) is 0 Å². The number of aliphatic hydroxyl groups is 1. The zero-order valence-corrected chi connectivity index (χ0v) is 16.0. The number of carbonyl (C=O) groups is 4. The number of ether oxygens (including phenoxy) is 1. The van der Waals surface area contributed by atoms with E-state index < -0.39 is 23.4 Å². The van der Waals surface area contributed by atoms with Crippen molar-refractivity contribution in [2.24, 2.45) is 34.5 Å². The lowest BCUT2D eigenvalue weighted by molar-refractivity contribution is -0.191. The highest BCUT2D eigenvalue weighted by molar-refractivity contribution is 5.95. The quantitative estimate of drug-likeness (QED) is 0.739. The highest BCUT2D eigenvalue weighted by Gasteiger charge is 2.66. The molecule has 0 bridgehead atoms. The highest BCUT2D eigenvalue weighted by Crippen LogP contribution is 2.64. The molecule has 0 radical (unpaired) electrons. The molecule has 148 valence electrons. The van der Waals surface area contributed by atoms with Gasteiger partial charge in [-0.2, -0.15) is 0 Å². The largest absolute Gasteiger partial charge is 0.454 e. The lowest BCUT2D eigenvalue weighted by Crippen LogP contribution is -2.63. The first-order valence-electron chi connectivity index (χ1n) is 10.1. The Morgan fingerprint density at radius 2 is 1.85 bits per heavy atom. The van der Waals surface area contributed by atoms with Crippen LogP contribution >= 0.6 is 0 Å². The number of fused-ring (bicyclic) bond motifs is 5. The van der Waals surface area contributed by atoms with Crippen LogP contribution in [0.15, 0.2) is 0 Å². The van der Waals surface area contributed by atoms with Crippen LogP contribution in [0.4, 0.5) is 0 Å². The van der Waals surface area contributed by atoms with Crippen molar-refractivity contribution in [2.45, 2.75) is 64.9 Å². The summed E-state index contributed by atoms with van der Waals surface area (Å²) in [4.78, 5) is 49.7. The van der Waals surface area contributed by atoms with Gasteiger partial charge in [-0.15, -0.1) is 0 Å². The van der Waals surface area contributed by atoms with Gasteiger partial charge in [-0.05, 0) is 43.4 Å². The van der Waals surface area contributed by atoms with Crippen molar-refractivity contribution in [1.29, 1.82) is 0 Å². The number of rotatable bonds is 2. The van der Waals surface area contributed by atoms with Gasteiger partial charge in [0.2, 0.25) is 0 Å². The number of hydrogen-bond acceptors (Lipinski definition) is 6. The molecule has 7 atom stereocenters. The highest BCUT2D eigenvalue weighted by atomic mass is 16.5. The molecule has 0 aromatic carbocycles. The summed E-state index contributed by atoms with van der Waals surface area (Å²) in [6, 6.07) is 0. The molecule has 6 nitrogen and oxygen atoms in total. The molecule has 6 heteroatoms. The number of hydrogen-bond donors (Lipinski definition) is 1. The van der Waals surface area contributed by atoms with E-state index in [9.17, 15) is 24.3 Å². The van der Waals surface area contributed by atoms with Gasteiger partial charge in [0.1, 0.15) is 11.6 Å². The second-order valence-electron chi connectivity index (χ2n) is 9.33. The maximum atomic E-state index is 13.2. The Morgan fingerprint density at radius 1 is 1.11 bits per heavy atom. The fraction of sp³-hybridized carbons (Fsp3) is 0.810. The van der Waals surface area contributed by atoms with Crippen LogP contribution in [0, 0.1) is 34.5 Å². The van der Waals surface area contributed by atoms with E-state index in [-0.39, 0.29) is 47.8 Å². The molecule has 0 aromatic rings. The van der Waals surface area contributed by atoms with Gasteiger partial charge in [-0.3, -0.25) is 19.2 Å². The standard InChI is InChI=1S/C21H28O6/c1-11(23)27-19-15(24)6-8-21(10-22)14-5-7-20(2)13(3-4-17(20)26)12(14)9-16(25)18(19)21/h12-14,18-19,22H,3-10H2,1-2H3/t12-,13-,14-,18-,19?,20-,21-/m0/s1. The summed E-state index contributed by atoms with van der Waals surface area (Å²) < 4.78 is 5.30. The Hall–Kier alpha value is -1.56.